The van der Waals surface area contributed by atoms with E-state index >= 15 is 0 Å². The lowest BCUT2D eigenvalue weighted by Gasteiger charge is -2.20. The molecule has 0 unspecified atom stereocenters. The quantitative estimate of drug-likeness (QED) is 0.753. The highest BCUT2D eigenvalue weighted by atomic mass is 32.2. The summed E-state index contributed by atoms with van der Waals surface area (Å²) in [5.74, 6) is -0.491. The molecule has 8 heteroatoms. The van der Waals surface area contributed by atoms with Gasteiger partial charge < -0.3 is 10.2 Å². The minimum Gasteiger partial charge on any atom is -0.354 e. The number of para-hydroxylation sites is 1. The van der Waals surface area contributed by atoms with Gasteiger partial charge in [0.1, 0.15) is 6.54 Å². The maximum absolute atomic E-state index is 12.1. The molecule has 7 nitrogen and oxygen atoms in total. The highest BCUT2D eigenvalue weighted by Gasteiger charge is 2.15. The van der Waals surface area contributed by atoms with Crippen LogP contribution >= 0.6 is 0 Å². The highest BCUT2D eigenvalue weighted by Crippen LogP contribution is 2.13. The van der Waals surface area contributed by atoms with Gasteiger partial charge in [-0.05, 0) is 36.2 Å². The standard InChI is InChI=1S/C18H21N3O4S/c1-14(22)21(16-5-3-2-4-6-16)13-18(23)20-12-11-15-7-9-17(10-8-15)26(19,24)25/h2-10H,11-13H2,1H3,(H,20,23)(H2,19,24,25). The molecule has 0 aliphatic heterocycles. The monoisotopic (exact) mass is 375 g/mol. The van der Waals surface area contributed by atoms with E-state index in [1.807, 2.05) is 6.07 Å². The van der Waals surface area contributed by atoms with Crippen LogP contribution in [0.3, 0.4) is 0 Å². The molecule has 0 bridgehead atoms. The Kier molecular flexibility index (Phi) is 6.48. The number of hydrogen-bond donors (Lipinski definition) is 2. The number of carbonyl (C=O) groups is 2. The van der Waals surface area contributed by atoms with Gasteiger partial charge in [-0.15, -0.1) is 0 Å². The van der Waals surface area contributed by atoms with Crippen molar-refractivity contribution in [3.63, 3.8) is 0 Å². The lowest BCUT2D eigenvalue weighted by atomic mass is 10.1. The van der Waals surface area contributed by atoms with Gasteiger partial charge in [-0.1, -0.05) is 30.3 Å². The van der Waals surface area contributed by atoms with Crippen molar-refractivity contribution in [2.24, 2.45) is 5.14 Å². The fourth-order valence-corrected chi connectivity index (χ4v) is 2.90. The summed E-state index contributed by atoms with van der Waals surface area (Å²) < 4.78 is 22.4. The summed E-state index contributed by atoms with van der Waals surface area (Å²) in [4.78, 5) is 25.3. The van der Waals surface area contributed by atoms with Crippen molar-refractivity contribution in [1.82, 2.24) is 5.32 Å². The van der Waals surface area contributed by atoms with Gasteiger partial charge in [-0.2, -0.15) is 0 Å². The Morgan fingerprint density at radius 3 is 2.19 bits per heavy atom. The second kappa shape index (κ2) is 8.59. The molecule has 2 rings (SSSR count). The molecule has 0 aliphatic rings. The lowest BCUT2D eigenvalue weighted by molar-refractivity contribution is -0.123. The van der Waals surface area contributed by atoms with Crippen molar-refractivity contribution in [3.8, 4) is 0 Å². The first kappa shape index (κ1) is 19.6. The van der Waals surface area contributed by atoms with E-state index in [2.05, 4.69) is 5.32 Å². The second-order valence-corrected chi connectivity index (χ2v) is 7.29. The van der Waals surface area contributed by atoms with Gasteiger partial charge in [0, 0.05) is 19.2 Å². The molecule has 0 fully saturated rings. The smallest absolute Gasteiger partial charge is 0.240 e. The first-order valence-corrected chi connectivity index (χ1v) is 9.53. The van der Waals surface area contributed by atoms with Crippen molar-refractivity contribution in [2.45, 2.75) is 18.2 Å². The zero-order chi connectivity index (χ0) is 19.2. The van der Waals surface area contributed by atoms with Crippen LogP contribution in [-0.4, -0.2) is 33.3 Å². The molecule has 138 valence electrons. The number of amides is 2. The van der Waals surface area contributed by atoms with E-state index in [4.69, 9.17) is 5.14 Å². The van der Waals surface area contributed by atoms with Crippen LogP contribution in [0.4, 0.5) is 5.69 Å². The summed E-state index contributed by atoms with van der Waals surface area (Å²) in [6.07, 6.45) is 0.530. The van der Waals surface area contributed by atoms with Crippen LogP contribution in [0.2, 0.25) is 0 Å². The van der Waals surface area contributed by atoms with Gasteiger partial charge in [0.2, 0.25) is 21.8 Å². The topological polar surface area (TPSA) is 110 Å². The number of nitrogens with zero attached hydrogens (tertiary/aromatic N) is 1. The summed E-state index contributed by atoms with van der Waals surface area (Å²) in [6, 6.07) is 15.1. The Morgan fingerprint density at radius 2 is 1.65 bits per heavy atom. The maximum atomic E-state index is 12.1. The minimum absolute atomic E-state index is 0.0465. The summed E-state index contributed by atoms with van der Waals surface area (Å²) in [6.45, 7) is 1.71. The molecule has 0 aromatic heterocycles. The molecule has 0 aliphatic carbocycles. The normalized spacial score (nSPS) is 11.0. The van der Waals surface area contributed by atoms with E-state index in [0.717, 1.165) is 5.56 Å². The molecular weight excluding hydrogens is 354 g/mol. The minimum atomic E-state index is -3.71. The first-order valence-electron chi connectivity index (χ1n) is 7.99. The fourth-order valence-electron chi connectivity index (χ4n) is 2.38. The Labute approximate surface area is 152 Å². The van der Waals surface area contributed by atoms with Crippen LogP contribution in [0.5, 0.6) is 0 Å². The molecule has 0 spiro atoms. The first-order chi connectivity index (χ1) is 12.3. The van der Waals surface area contributed by atoms with Gasteiger partial charge in [0.25, 0.3) is 0 Å². The molecule has 2 aromatic carbocycles. The third-order valence-electron chi connectivity index (χ3n) is 3.74. The van der Waals surface area contributed by atoms with Crippen LogP contribution in [-0.2, 0) is 26.0 Å². The molecule has 0 saturated heterocycles. The van der Waals surface area contributed by atoms with Gasteiger partial charge >= 0.3 is 0 Å². The average Bonchev–Trinajstić information content (AvgIpc) is 2.60. The van der Waals surface area contributed by atoms with Gasteiger partial charge in [0.15, 0.2) is 0 Å². The van der Waals surface area contributed by atoms with Gasteiger partial charge in [0.05, 0.1) is 4.90 Å². The van der Waals surface area contributed by atoms with Crippen molar-refractivity contribution in [1.29, 1.82) is 0 Å². The molecule has 0 heterocycles. The molecule has 0 radical (unpaired) electrons. The van der Waals surface area contributed by atoms with E-state index in [9.17, 15) is 18.0 Å². The van der Waals surface area contributed by atoms with E-state index in [1.165, 1.54) is 24.0 Å². The zero-order valence-corrected chi connectivity index (χ0v) is 15.2. The predicted octanol–water partition coefficient (Wildman–Crippen LogP) is 1.05. The highest BCUT2D eigenvalue weighted by molar-refractivity contribution is 7.89. The predicted molar refractivity (Wildman–Crippen MR) is 99.0 cm³/mol. The van der Waals surface area contributed by atoms with Crippen LogP contribution < -0.4 is 15.4 Å². The average molecular weight is 375 g/mol. The van der Waals surface area contributed by atoms with Crippen molar-refractivity contribution >= 4 is 27.5 Å². The van der Waals surface area contributed by atoms with Crippen molar-refractivity contribution in [2.75, 3.05) is 18.0 Å². The number of rotatable bonds is 7. The molecule has 3 N–H and O–H groups in total. The molecule has 2 aromatic rings. The van der Waals surface area contributed by atoms with Gasteiger partial charge in [-0.3, -0.25) is 9.59 Å². The van der Waals surface area contributed by atoms with E-state index < -0.39 is 10.0 Å². The Balaban J connectivity index is 1.87. The number of primary sulfonamides is 1. The molecule has 26 heavy (non-hydrogen) atoms. The van der Waals surface area contributed by atoms with E-state index in [1.54, 1.807) is 36.4 Å². The largest absolute Gasteiger partial charge is 0.354 e. The zero-order valence-electron chi connectivity index (χ0n) is 14.4. The number of benzene rings is 2. The Bertz CT molecular complexity index is 865. The SMILES string of the molecule is CC(=O)N(CC(=O)NCCc1ccc(S(N)(=O)=O)cc1)c1ccccc1. The summed E-state index contributed by atoms with van der Waals surface area (Å²) in [7, 11) is -3.71. The lowest BCUT2D eigenvalue weighted by Crippen LogP contribution is -2.40. The third-order valence-corrected chi connectivity index (χ3v) is 4.67. The fraction of sp³-hybridized carbons (Fsp3) is 0.222. The summed E-state index contributed by atoms with van der Waals surface area (Å²) in [5, 5.41) is 7.80. The number of hydrogen-bond acceptors (Lipinski definition) is 4. The van der Waals surface area contributed by atoms with Crippen LogP contribution in [0.15, 0.2) is 59.5 Å². The van der Waals surface area contributed by atoms with E-state index in [-0.39, 0.29) is 23.3 Å². The number of nitrogens with one attached hydrogen (secondary N) is 1. The maximum Gasteiger partial charge on any atom is 0.240 e. The second-order valence-electron chi connectivity index (χ2n) is 5.73. The number of nitrogens with two attached hydrogens (primary N) is 1. The van der Waals surface area contributed by atoms with Gasteiger partial charge in [-0.25, -0.2) is 13.6 Å². The summed E-state index contributed by atoms with van der Waals surface area (Å²) in [5.41, 5.74) is 1.53. The Morgan fingerprint density at radius 1 is 1.04 bits per heavy atom. The number of carbonyl (C=O) groups excluding carboxylic acids is 2. The van der Waals surface area contributed by atoms with Crippen molar-refractivity contribution in [3.05, 3.63) is 60.2 Å². The summed E-state index contributed by atoms with van der Waals surface area (Å²) >= 11 is 0. The molecule has 0 atom stereocenters. The van der Waals surface area contributed by atoms with Crippen LogP contribution in [0.1, 0.15) is 12.5 Å². The molecule has 2 amide bonds. The van der Waals surface area contributed by atoms with Crippen LogP contribution in [0.25, 0.3) is 0 Å². The number of sulfonamides is 1. The third kappa shape index (κ3) is 5.68. The molecule has 0 saturated carbocycles. The van der Waals surface area contributed by atoms with Crippen LogP contribution in [0, 0.1) is 0 Å². The number of anilines is 1. The molecular formula is C18H21N3O4S. The van der Waals surface area contributed by atoms with E-state index in [0.29, 0.717) is 18.7 Å². The Hall–Kier alpha value is -2.71. The van der Waals surface area contributed by atoms with Crippen molar-refractivity contribution < 1.29 is 18.0 Å².